The lowest BCUT2D eigenvalue weighted by molar-refractivity contribution is 0.795. The second-order valence-corrected chi connectivity index (χ2v) is 4.77. The Morgan fingerprint density at radius 1 is 1.08 bits per heavy atom. The van der Waals surface area contributed by atoms with Gasteiger partial charge in [-0.25, -0.2) is 4.98 Å². The van der Waals surface area contributed by atoms with Gasteiger partial charge in [0.05, 0.1) is 0 Å². The van der Waals surface area contributed by atoms with Gasteiger partial charge in [-0.05, 0) is 45.5 Å². The van der Waals surface area contributed by atoms with Crippen molar-refractivity contribution in [3.63, 3.8) is 0 Å². The molecule has 0 unspecified atom stereocenters. The third-order valence-electron chi connectivity index (χ3n) is 2.09. The molecule has 0 fully saturated rings. The number of rotatable bonds is 2. The zero-order chi connectivity index (χ0) is 10.0. The van der Waals surface area contributed by atoms with Crippen LogP contribution in [0, 0.1) is 0 Å². The third kappa shape index (κ3) is 2.80. The smallest absolute Gasteiger partial charge is 0.106 e. The monoisotopic (exact) mass is 241 g/mol. The minimum Gasteiger partial charge on any atom is -0.246 e. The van der Waals surface area contributed by atoms with Crippen LogP contribution in [0.2, 0.25) is 0 Å². The Labute approximate surface area is 88.7 Å². The van der Waals surface area contributed by atoms with Gasteiger partial charge < -0.3 is 0 Å². The molecule has 0 aliphatic heterocycles. The molecule has 0 bridgehead atoms. The van der Waals surface area contributed by atoms with E-state index in [1.165, 1.54) is 5.56 Å². The van der Waals surface area contributed by atoms with E-state index in [4.69, 9.17) is 0 Å². The zero-order valence-corrected chi connectivity index (χ0v) is 10.2. The molecule has 1 nitrogen and oxygen atoms in total. The minimum absolute atomic E-state index is 0.495. The lowest BCUT2D eigenvalue weighted by Gasteiger charge is -2.10. The molecule has 0 saturated carbocycles. The lowest BCUT2D eigenvalue weighted by Crippen LogP contribution is -1.97. The number of halogens is 1. The molecular formula is C11H16BrN. The Hall–Kier alpha value is -0.370. The normalized spacial score (nSPS) is 11.3. The highest BCUT2D eigenvalue weighted by molar-refractivity contribution is 9.10. The molecule has 2 heteroatoms. The van der Waals surface area contributed by atoms with Gasteiger partial charge in [-0.1, -0.05) is 27.7 Å². The average molecular weight is 242 g/mol. The Kier molecular flexibility index (Phi) is 3.48. The summed E-state index contributed by atoms with van der Waals surface area (Å²) in [7, 11) is 0. The second-order valence-electron chi connectivity index (χ2n) is 3.96. The van der Waals surface area contributed by atoms with E-state index in [-0.39, 0.29) is 0 Å². The highest BCUT2D eigenvalue weighted by Crippen LogP contribution is 2.22. The third-order valence-corrected chi connectivity index (χ3v) is 2.50. The van der Waals surface area contributed by atoms with Crippen LogP contribution in [0.15, 0.2) is 16.7 Å². The van der Waals surface area contributed by atoms with Gasteiger partial charge in [-0.2, -0.15) is 0 Å². The van der Waals surface area contributed by atoms with Crippen molar-refractivity contribution in [1.82, 2.24) is 4.98 Å². The summed E-state index contributed by atoms with van der Waals surface area (Å²) in [6.45, 7) is 8.73. The molecule has 72 valence electrons. The molecule has 13 heavy (non-hydrogen) atoms. The fraction of sp³-hybridized carbons (Fsp3) is 0.545. The molecule has 0 radical (unpaired) electrons. The van der Waals surface area contributed by atoms with E-state index in [0.717, 1.165) is 10.3 Å². The summed E-state index contributed by atoms with van der Waals surface area (Å²) < 4.78 is 0.947. The first-order valence-electron chi connectivity index (χ1n) is 4.68. The predicted octanol–water partition coefficient (Wildman–Crippen LogP) is 4.09. The van der Waals surface area contributed by atoms with Gasteiger partial charge in [-0.3, -0.25) is 0 Å². The van der Waals surface area contributed by atoms with Gasteiger partial charge in [0.25, 0.3) is 0 Å². The first-order chi connectivity index (χ1) is 6.00. The van der Waals surface area contributed by atoms with Crippen LogP contribution >= 0.6 is 15.9 Å². The summed E-state index contributed by atoms with van der Waals surface area (Å²) in [5.41, 5.74) is 2.52. The largest absolute Gasteiger partial charge is 0.246 e. The minimum atomic E-state index is 0.495. The molecule has 1 rings (SSSR count). The highest BCUT2D eigenvalue weighted by atomic mass is 79.9. The molecule has 0 aliphatic carbocycles. The maximum absolute atomic E-state index is 4.43. The van der Waals surface area contributed by atoms with Gasteiger partial charge in [0, 0.05) is 5.69 Å². The van der Waals surface area contributed by atoms with E-state index in [1.54, 1.807) is 0 Å². The van der Waals surface area contributed by atoms with Crippen LogP contribution in [0.3, 0.4) is 0 Å². The fourth-order valence-corrected chi connectivity index (χ4v) is 1.64. The Morgan fingerprint density at radius 3 is 2.15 bits per heavy atom. The number of aromatic nitrogens is 1. The molecule has 0 spiro atoms. The molecule has 0 atom stereocenters. The van der Waals surface area contributed by atoms with Crippen LogP contribution in [0.4, 0.5) is 0 Å². The van der Waals surface area contributed by atoms with Crippen LogP contribution in [-0.2, 0) is 0 Å². The molecule has 0 N–H and O–H groups in total. The van der Waals surface area contributed by atoms with Gasteiger partial charge in [0.1, 0.15) is 4.60 Å². The first-order valence-corrected chi connectivity index (χ1v) is 5.47. The van der Waals surface area contributed by atoms with E-state index in [1.807, 2.05) is 0 Å². The molecule has 0 aliphatic rings. The molecule has 1 aromatic heterocycles. The Morgan fingerprint density at radius 2 is 1.69 bits per heavy atom. The van der Waals surface area contributed by atoms with Crippen molar-refractivity contribution in [3.8, 4) is 0 Å². The molecule has 1 heterocycles. The van der Waals surface area contributed by atoms with Crippen molar-refractivity contribution in [1.29, 1.82) is 0 Å². The van der Waals surface area contributed by atoms with Crippen LogP contribution in [0.25, 0.3) is 0 Å². The summed E-state index contributed by atoms with van der Waals surface area (Å²) in [5, 5.41) is 0. The van der Waals surface area contributed by atoms with Gasteiger partial charge in [0.15, 0.2) is 0 Å². The molecule has 0 amide bonds. The van der Waals surface area contributed by atoms with Crippen LogP contribution in [0.5, 0.6) is 0 Å². The van der Waals surface area contributed by atoms with E-state index >= 15 is 0 Å². The summed E-state index contributed by atoms with van der Waals surface area (Å²) in [4.78, 5) is 4.43. The van der Waals surface area contributed by atoms with Crippen molar-refractivity contribution < 1.29 is 0 Å². The van der Waals surface area contributed by atoms with Crippen LogP contribution in [0.1, 0.15) is 50.8 Å². The van der Waals surface area contributed by atoms with Crippen molar-refractivity contribution in [2.45, 2.75) is 39.5 Å². The van der Waals surface area contributed by atoms with Crippen LogP contribution in [-0.4, -0.2) is 4.98 Å². The maximum Gasteiger partial charge on any atom is 0.106 e. The SMILES string of the molecule is CC(C)c1cc(Br)nc(C(C)C)c1. The Bertz CT molecular complexity index is 266. The summed E-state index contributed by atoms with van der Waals surface area (Å²) in [5.74, 6) is 1.06. The maximum atomic E-state index is 4.43. The fourth-order valence-electron chi connectivity index (χ4n) is 1.17. The van der Waals surface area contributed by atoms with E-state index in [9.17, 15) is 0 Å². The second kappa shape index (κ2) is 4.23. The van der Waals surface area contributed by atoms with E-state index in [2.05, 4.69) is 60.7 Å². The Balaban J connectivity index is 3.11. The van der Waals surface area contributed by atoms with Gasteiger partial charge >= 0.3 is 0 Å². The first kappa shape index (κ1) is 10.7. The molecular weight excluding hydrogens is 226 g/mol. The quantitative estimate of drug-likeness (QED) is 0.712. The zero-order valence-electron chi connectivity index (χ0n) is 8.63. The van der Waals surface area contributed by atoms with Crippen molar-refractivity contribution in [3.05, 3.63) is 28.0 Å². The van der Waals surface area contributed by atoms with Gasteiger partial charge in [0.2, 0.25) is 0 Å². The molecule has 0 saturated heterocycles. The standard InChI is InChI=1S/C11H16BrN/c1-7(2)9-5-10(8(3)4)13-11(12)6-9/h5-8H,1-4H3. The predicted molar refractivity (Wildman–Crippen MR) is 60.1 cm³/mol. The van der Waals surface area contributed by atoms with E-state index in [0.29, 0.717) is 11.8 Å². The molecule has 0 aromatic carbocycles. The lowest BCUT2D eigenvalue weighted by atomic mass is 10.0. The van der Waals surface area contributed by atoms with Gasteiger partial charge in [-0.15, -0.1) is 0 Å². The van der Waals surface area contributed by atoms with Crippen molar-refractivity contribution in [2.75, 3.05) is 0 Å². The summed E-state index contributed by atoms with van der Waals surface area (Å²) in [6.07, 6.45) is 0. The van der Waals surface area contributed by atoms with Crippen molar-refractivity contribution in [2.24, 2.45) is 0 Å². The van der Waals surface area contributed by atoms with Crippen LogP contribution < -0.4 is 0 Å². The number of hydrogen-bond acceptors (Lipinski definition) is 1. The van der Waals surface area contributed by atoms with E-state index < -0.39 is 0 Å². The number of nitrogens with zero attached hydrogens (tertiary/aromatic N) is 1. The molecule has 1 aromatic rings. The average Bonchev–Trinajstić information content (AvgIpc) is 2.03. The summed E-state index contributed by atoms with van der Waals surface area (Å²) >= 11 is 3.44. The number of pyridine rings is 1. The van der Waals surface area contributed by atoms with Crippen molar-refractivity contribution >= 4 is 15.9 Å². The highest BCUT2D eigenvalue weighted by Gasteiger charge is 2.06. The summed E-state index contributed by atoms with van der Waals surface area (Å²) in [6, 6.07) is 4.29. The topological polar surface area (TPSA) is 12.9 Å². The number of hydrogen-bond donors (Lipinski definition) is 0.